The second-order valence-corrected chi connectivity index (χ2v) is 9.55. The molecule has 0 aliphatic carbocycles. The molecule has 0 amide bonds. The van der Waals surface area contributed by atoms with Crippen LogP contribution in [0.3, 0.4) is 0 Å². The summed E-state index contributed by atoms with van der Waals surface area (Å²) in [6.45, 7) is 10.2. The highest BCUT2D eigenvalue weighted by Crippen LogP contribution is 2.22. The summed E-state index contributed by atoms with van der Waals surface area (Å²) in [6.07, 6.45) is 3.38. The number of pyridine rings is 1. The standard InChI is InChI=1S/C29H33N5O/c1-4-26-31-27-20(2)15-21(3)30-29(27)34(26)19-23-10-8-12-25(17-23)28(32-35)24-11-7-9-22(16-24)18-33-13-5-6-14-33/h7-12,15-17,35H,4-6,13-14,18-19H2,1-3H3. The number of nitrogens with zero attached hydrogens (tertiary/aromatic N) is 5. The Morgan fingerprint density at radius 1 is 0.914 bits per heavy atom. The van der Waals surface area contributed by atoms with Crippen LogP contribution in [0.5, 0.6) is 0 Å². The van der Waals surface area contributed by atoms with Gasteiger partial charge in [0.2, 0.25) is 0 Å². The summed E-state index contributed by atoms with van der Waals surface area (Å²) >= 11 is 0. The number of fused-ring (bicyclic) bond motifs is 1. The maximum Gasteiger partial charge on any atom is 0.160 e. The Morgan fingerprint density at radius 2 is 1.57 bits per heavy atom. The van der Waals surface area contributed by atoms with Gasteiger partial charge < -0.3 is 9.77 Å². The summed E-state index contributed by atoms with van der Waals surface area (Å²) in [6, 6.07) is 18.7. The highest BCUT2D eigenvalue weighted by molar-refractivity contribution is 6.12. The summed E-state index contributed by atoms with van der Waals surface area (Å²) in [5, 5.41) is 13.7. The summed E-state index contributed by atoms with van der Waals surface area (Å²) in [7, 11) is 0. The summed E-state index contributed by atoms with van der Waals surface area (Å²) in [5.41, 5.74) is 8.82. The van der Waals surface area contributed by atoms with Crippen LogP contribution in [-0.4, -0.2) is 43.4 Å². The van der Waals surface area contributed by atoms with E-state index in [9.17, 15) is 5.21 Å². The SMILES string of the molecule is CCc1nc2c(C)cc(C)nc2n1Cc1cccc(C(=NO)c2cccc(CN3CCCC3)c2)c1. The van der Waals surface area contributed by atoms with Crippen LogP contribution in [0.4, 0.5) is 0 Å². The van der Waals surface area contributed by atoms with E-state index in [1.165, 1.54) is 18.4 Å². The lowest BCUT2D eigenvalue weighted by atomic mass is 9.98. The van der Waals surface area contributed by atoms with Gasteiger partial charge in [0, 0.05) is 29.8 Å². The number of oxime groups is 1. The van der Waals surface area contributed by atoms with Crippen molar-refractivity contribution in [3.63, 3.8) is 0 Å². The van der Waals surface area contributed by atoms with Crippen LogP contribution in [0.25, 0.3) is 11.2 Å². The largest absolute Gasteiger partial charge is 0.410 e. The van der Waals surface area contributed by atoms with E-state index in [2.05, 4.69) is 64.9 Å². The molecule has 1 aliphatic rings. The van der Waals surface area contributed by atoms with Gasteiger partial charge in [-0.2, -0.15) is 0 Å². The lowest BCUT2D eigenvalue weighted by Gasteiger charge is -2.15. The predicted molar refractivity (Wildman–Crippen MR) is 140 cm³/mol. The first-order valence-electron chi connectivity index (χ1n) is 12.5. The smallest absolute Gasteiger partial charge is 0.160 e. The minimum atomic E-state index is 0.589. The highest BCUT2D eigenvalue weighted by Gasteiger charge is 2.16. The zero-order chi connectivity index (χ0) is 24.4. The quantitative estimate of drug-likeness (QED) is 0.222. The zero-order valence-corrected chi connectivity index (χ0v) is 20.8. The third kappa shape index (κ3) is 4.84. The van der Waals surface area contributed by atoms with Crippen molar-refractivity contribution < 1.29 is 5.21 Å². The van der Waals surface area contributed by atoms with Gasteiger partial charge in [-0.25, -0.2) is 9.97 Å². The fraction of sp³-hybridized carbons (Fsp3) is 0.345. The van der Waals surface area contributed by atoms with Crippen LogP contribution in [0, 0.1) is 13.8 Å². The molecule has 0 radical (unpaired) electrons. The number of hydrogen-bond donors (Lipinski definition) is 1. The lowest BCUT2D eigenvalue weighted by molar-refractivity contribution is 0.319. The van der Waals surface area contributed by atoms with Crippen molar-refractivity contribution in [2.75, 3.05) is 13.1 Å². The van der Waals surface area contributed by atoms with Crippen molar-refractivity contribution in [2.45, 2.75) is 53.1 Å². The van der Waals surface area contributed by atoms with Gasteiger partial charge in [-0.3, -0.25) is 4.90 Å². The molecule has 6 nitrogen and oxygen atoms in total. The molecule has 0 spiro atoms. The summed E-state index contributed by atoms with van der Waals surface area (Å²) in [4.78, 5) is 12.2. The molecule has 2 aromatic carbocycles. The Hall–Kier alpha value is -3.51. The maximum atomic E-state index is 9.99. The molecule has 1 N–H and O–H groups in total. The molecular formula is C29H33N5O. The average Bonchev–Trinajstić information content (AvgIpc) is 3.48. The Labute approximate surface area is 206 Å². The third-order valence-electron chi connectivity index (χ3n) is 6.86. The van der Waals surface area contributed by atoms with E-state index < -0.39 is 0 Å². The van der Waals surface area contributed by atoms with E-state index >= 15 is 0 Å². The van der Waals surface area contributed by atoms with E-state index in [0.717, 1.165) is 71.0 Å². The Balaban J connectivity index is 1.45. The second-order valence-electron chi connectivity index (χ2n) is 9.55. The predicted octanol–water partition coefficient (Wildman–Crippen LogP) is 5.48. The minimum Gasteiger partial charge on any atom is -0.410 e. The normalized spacial score (nSPS) is 14.8. The number of aromatic nitrogens is 3. The molecule has 6 heteroatoms. The average molecular weight is 468 g/mol. The molecule has 0 unspecified atom stereocenters. The van der Waals surface area contributed by atoms with Crippen molar-refractivity contribution in [1.82, 2.24) is 19.4 Å². The van der Waals surface area contributed by atoms with Crippen molar-refractivity contribution in [3.05, 3.63) is 93.9 Å². The molecule has 0 bridgehead atoms. The first-order valence-corrected chi connectivity index (χ1v) is 12.5. The monoisotopic (exact) mass is 467 g/mol. The van der Waals surface area contributed by atoms with Gasteiger partial charge in [0.05, 0.1) is 6.54 Å². The summed E-state index contributed by atoms with van der Waals surface area (Å²) < 4.78 is 2.21. The van der Waals surface area contributed by atoms with Gasteiger partial charge in [0.25, 0.3) is 0 Å². The van der Waals surface area contributed by atoms with E-state index in [0.29, 0.717) is 12.3 Å². The van der Waals surface area contributed by atoms with Gasteiger partial charge in [-0.05, 0) is 74.7 Å². The van der Waals surface area contributed by atoms with Crippen LogP contribution < -0.4 is 0 Å². The second kappa shape index (κ2) is 10.0. The van der Waals surface area contributed by atoms with Gasteiger partial charge in [-0.1, -0.05) is 48.5 Å². The van der Waals surface area contributed by atoms with Crippen LogP contribution in [-0.2, 0) is 19.5 Å². The first kappa shape index (κ1) is 23.2. The van der Waals surface area contributed by atoms with Crippen molar-refractivity contribution in [1.29, 1.82) is 0 Å². The minimum absolute atomic E-state index is 0.589. The van der Waals surface area contributed by atoms with Crippen LogP contribution in [0.15, 0.2) is 59.8 Å². The molecule has 1 fully saturated rings. The fourth-order valence-corrected chi connectivity index (χ4v) is 5.18. The number of likely N-dealkylation sites (tertiary alicyclic amines) is 1. The number of imidazole rings is 1. The Morgan fingerprint density at radius 3 is 2.20 bits per heavy atom. The van der Waals surface area contributed by atoms with E-state index in [4.69, 9.17) is 9.97 Å². The van der Waals surface area contributed by atoms with Crippen molar-refractivity contribution >= 4 is 16.9 Å². The summed E-state index contributed by atoms with van der Waals surface area (Å²) in [5.74, 6) is 1.03. The van der Waals surface area contributed by atoms with Crippen LogP contribution in [0.1, 0.15) is 59.1 Å². The molecule has 4 aromatic rings. The van der Waals surface area contributed by atoms with Gasteiger partial charge >= 0.3 is 0 Å². The third-order valence-corrected chi connectivity index (χ3v) is 6.86. The van der Waals surface area contributed by atoms with Crippen LogP contribution >= 0.6 is 0 Å². The molecule has 5 rings (SSSR count). The molecule has 0 atom stereocenters. The van der Waals surface area contributed by atoms with Crippen molar-refractivity contribution in [3.8, 4) is 0 Å². The lowest BCUT2D eigenvalue weighted by Crippen LogP contribution is -2.18. The van der Waals surface area contributed by atoms with Gasteiger partial charge in [-0.15, -0.1) is 0 Å². The van der Waals surface area contributed by atoms with E-state index in [1.54, 1.807) is 0 Å². The van der Waals surface area contributed by atoms with Crippen LogP contribution in [0.2, 0.25) is 0 Å². The molecule has 1 aliphatic heterocycles. The van der Waals surface area contributed by atoms with Gasteiger partial charge in [0.1, 0.15) is 17.1 Å². The number of hydrogen-bond acceptors (Lipinski definition) is 5. The molecule has 3 heterocycles. The maximum absolute atomic E-state index is 9.99. The molecule has 35 heavy (non-hydrogen) atoms. The molecule has 1 saturated heterocycles. The molecule has 2 aromatic heterocycles. The molecule has 0 saturated carbocycles. The Bertz CT molecular complexity index is 1380. The molecule has 180 valence electrons. The zero-order valence-electron chi connectivity index (χ0n) is 20.8. The molecular weight excluding hydrogens is 434 g/mol. The first-order chi connectivity index (χ1) is 17.1. The van der Waals surface area contributed by atoms with E-state index in [1.807, 2.05) is 25.1 Å². The highest BCUT2D eigenvalue weighted by atomic mass is 16.4. The van der Waals surface area contributed by atoms with E-state index in [-0.39, 0.29) is 0 Å². The number of rotatable bonds is 7. The Kier molecular flexibility index (Phi) is 6.64. The number of benzene rings is 2. The fourth-order valence-electron chi connectivity index (χ4n) is 5.18. The van der Waals surface area contributed by atoms with Crippen molar-refractivity contribution in [2.24, 2.45) is 5.16 Å². The number of aryl methyl sites for hydroxylation is 3. The van der Waals surface area contributed by atoms with Gasteiger partial charge in [0.15, 0.2) is 5.65 Å². The topological polar surface area (TPSA) is 66.5 Å².